The molecule has 202 valence electrons. The number of hydrogen-bond donors (Lipinski definition) is 2. The number of allylic oxidation sites excluding steroid dienone is 1. The number of carbonyl (C=O) groups excluding carboxylic acids is 1. The average molecular weight is 557 g/mol. The van der Waals surface area contributed by atoms with E-state index in [1.54, 1.807) is 13.8 Å². The molecule has 0 aliphatic carbocycles. The molecule has 11 nitrogen and oxygen atoms in total. The zero-order valence-corrected chi connectivity index (χ0v) is 22.5. The van der Waals surface area contributed by atoms with Gasteiger partial charge in [-0.2, -0.15) is 4.31 Å². The average Bonchev–Trinajstić information content (AvgIpc) is 3.26. The van der Waals surface area contributed by atoms with E-state index in [-0.39, 0.29) is 36.0 Å². The van der Waals surface area contributed by atoms with Crippen molar-refractivity contribution in [1.82, 2.24) is 24.8 Å². The first-order chi connectivity index (χ1) is 17.2. The summed E-state index contributed by atoms with van der Waals surface area (Å²) >= 11 is 0. The predicted molar refractivity (Wildman–Crippen MR) is 140 cm³/mol. The summed E-state index contributed by atoms with van der Waals surface area (Å²) in [5, 5.41) is 8.25. The number of halogens is 2. The second-order valence-corrected chi connectivity index (χ2v) is 9.55. The molecule has 1 amide bonds. The lowest BCUT2D eigenvalue weighted by molar-refractivity contribution is 0.0538. The van der Waals surface area contributed by atoms with Crippen LogP contribution in [0.15, 0.2) is 47.1 Å². The Morgan fingerprint density at radius 2 is 1.89 bits per heavy atom. The molecule has 37 heavy (non-hydrogen) atoms. The number of nitrogens with zero attached hydrogens (tertiary/aromatic N) is 4. The molecule has 3 N–H and O–H groups in total. The van der Waals surface area contributed by atoms with Crippen molar-refractivity contribution in [1.29, 1.82) is 0 Å². The van der Waals surface area contributed by atoms with Crippen molar-refractivity contribution in [3.8, 4) is 16.9 Å². The lowest BCUT2D eigenvalue weighted by Gasteiger charge is -2.20. The highest BCUT2D eigenvalue weighted by Gasteiger charge is 2.25. The van der Waals surface area contributed by atoms with Gasteiger partial charge in [0.15, 0.2) is 0 Å². The van der Waals surface area contributed by atoms with Crippen LogP contribution in [0.1, 0.15) is 24.2 Å². The summed E-state index contributed by atoms with van der Waals surface area (Å²) in [7, 11) is -1.06. The third-order valence-corrected chi connectivity index (χ3v) is 7.57. The standard InChI is InChI=1S/C23H29FN6O5S.ClH/c1-5-29(6-2)36(32,33)17-7-8-21(34-3)18(13-17)19-11-15(23(31)27-35-4)12-20-22(19)26-28-30(20)14-16(24)9-10-25;/h7-9,11-13H,5-6,10,14,25H2,1-4H3,(H,27,31);1H/b16-9-;. The Kier molecular flexibility index (Phi) is 10.5. The quantitative estimate of drug-likeness (QED) is 0.343. The second-order valence-electron chi connectivity index (χ2n) is 7.61. The van der Waals surface area contributed by atoms with Crippen LogP contribution in [0.25, 0.3) is 22.2 Å². The molecule has 1 aromatic heterocycles. The highest BCUT2D eigenvalue weighted by atomic mass is 35.5. The van der Waals surface area contributed by atoms with Gasteiger partial charge in [0.1, 0.15) is 17.1 Å². The smallest absolute Gasteiger partial charge is 0.274 e. The first kappa shape index (κ1) is 30.1. The molecule has 0 bridgehead atoms. The summed E-state index contributed by atoms with van der Waals surface area (Å²) in [5.74, 6) is -0.748. The number of rotatable bonds is 11. The Labute approximate surface area is 220 Å². The predicted octanol–water partition coefficient (Wildman–Crippen LogP) is 2.66. The van der Waals surface area contributed by atoms with Crippen LogP contribution in [-0.4, -0.2) is 67.5 Å². The minimum Gasteiger partial charge on any atom is -0.496 e. The van der Waals surface area contributed by atoms with Crippen LogP contribution in [0.4, 0.5) is 4.39 Å². The maximum atomic E-state index is 14.2. The number of fused-ring (bicyclic) bond motifs is 1. The summed E-state index contributed by atoms with van der Waals surface area (Å²) in [4.78, 5) is 17.5. The molecular weight excluding hydrogens is 527 g/mol. The number of hydroxylamine groups is 1. The highest BCUT2D eigenvalue weighted by Crippen LogP contribution is 2.37. The van der Waals surface area contributed by atoms with Crippen LogP contribution in [0.3, 0.4) is 0 Å². The maximum absolute atomic E-state index is 14.2. The van der Waals surface area contributed by atoms with Gasteiger partial charge in [-0.3, -0.25) is 9.63 Å². The Balaban J connectivity index is 0.00000481. The van der Waals surface area contributed by atoms with Gasteiger partial charge in [0.05, 0.1) is 31.2 Å². The molecule has 0 aliphatic rings. The molecule has 1 heterocycles. The van der Waals surface area contributed by atoms with Crippen molar-refractivity contribution < 1.29 is 27.2 Å². The van der Waals surface area contributed by atoms with E-state index in [4.69, 9.17) is 15.3 Å². The van der Waals surface area contributed by atoms with Crippen LogP contribution in [-0.2, 0) is 21.4 Å². The highest BCUT2D eigenvalue weighted by molar-refractivity contribution is 7.89. The van der Waals surface area contributed by atoms with Gasteiger partial charge in [-0.1, -0.05) is 19.1 Å². The van der Waals surface area contributed by atoms with Crippen molar-refractivity contribution in [3.05, 3.63) is 47.8 Å². The van der Waals surface area contributed by atoms with E-state index < -0.39 is 21.8 Å². The Morgan fingerprint density at radius 3 is 2.49 bits per heavy atom. The topological polar surface area (TPSA) is 142 Å². The van der Waals surface area contributed by atoms with Crippen molar-refractivity contribution in [3.63, 3.8) is 0 Å². The van der Waals surface area contributed by atoms with Gasteiger partial charge in [-0.15, -0.1) is 17.5 Å². The maximum Gasteiger partial charge on any atom is 0.274 e. The fraction of sp³-hybridized carbons (Fsp3) is 0.348. The Morgan fingerprint density at radius 1 is 1.19 bits per heavy atom. The lowest BCUT2D eigenvalue weighted by atomic mass is 9.99. The monoisotopic (exact) mass is 556 g/mol. The molecule has 2 aromatic carbocycles. The SMILES string of the molecule is CCN(CC)S(=O)(=O)c1ccc(OC)c(-c2cc(C(=O)NOC)cc3c2nnn3C/C(F)=C/CN)c1.Cl. The fourth-order valence-electron chi connectivity index (χ4n) is 3.78. The summed E-state index contributed by atoms with van der Waals surface area (Å²) in [6.45, 7) is 3.86. The molecule has 0 spiro atoms. The molecule has 0 radical (unpaired) electrons. The van der Waals surface area contributed by atoms with Crippen LogP contribution in [0.2, 0.25) is 0 Å². The third kappa shape index (κ3) is 6.25. The lowest BCUT2D eigenvalue weighted by Crippen LogP contribution is -2.30. The number of ether oxygens (including phenoxy) is 1. The van der Waals surface area contributed by atoms with E-state index in [1.165, 1.54) is 59.6 Å². The van der Waals surface area contributed by atoms with Crippen molar-refractivity contribution in [2.45, 2.75) is 25.3 Å². The second kappa shape index (κ2) is 12.9. The number of methoxy groups -OCH3 is 1. The van der Waals surface area contributed by atoms with Crippen LogP contribution in [0, 0.1) is 0 Å². The van der Waals surface area contributed by atoms with E-state index in [1.807, 2.05) is 0 Å². The normalized spacial score (nSPS) is 12.0. The fourth-order valence-corrected chi connectivity index (χ4v) is 5.26. The number of hydrogen-bond acceptors (Lipinski definition) is 8. The van der Waals surface area contributed by atoms with Gasteiger partial charge in [0, 0.05) is 36.3 Å². The molecule has 0 fully saturated rings. The number of nitrogens with two attached hydrogens (primary N) is 1. The molecule has 3 aromatic rings. The number of carbonyl (C=O) groups is 1. The summed E-state index contributed by atoms with van der Waals surface area (Å²) in [6, 6.07) is 7.47. The number of nitrogens with one attached hydrogen (secondary N) is 1. The minimum atomic E-state index is -3.79. The molecule has 0 saturated heterocycles. The van der Waals surface area contributed by atoms with Crippen molar-refractivity contribution in [2.75, 3.05) is 33.9 Å². The van der Waals surface area contributed by atoms with Crippen LogP contribution < -0.4 is 16.0 Å². The van der Waals surface area contributed by atoms with E-state index >= 15 is 0 Å². The zero-order chi connectivity index (χ0) is 26.5. The summed E-state index contributed by atoms with van der Waals surface area (Å²) in [5.41, 5.74) is 9.20. The van der Waals surface area contributed by atoms with E-state index in [0.29, 0.717) is 41.0 Å². The van der Waals surface area contributed by atoms with E-state index in [2.05, 4.69) is 15.8 Å². The Hall–Kier alpha value is -3.10. The molecule has 3 rings (SSSR count). The minimum absolute atomic E-state index is 0. The zero-order valence-electron chi connectivity index (χ0n) is 20.9. The van der Waals surface area contributed by atoms with Crippen LogP contribution >= 0.6 is 12.4 Å². The number of aromatic nitrogens is 3. The third-order valence-electron chi connectivity index (χ3n) is 5.52. The molecular formula is C23H30ClFN6O5S. The molecule has 0 saturated carbocycles. The molecule has 0 unspecified atom stereocenters. The summed E-state index contributed by atoms with van der Waals surface area (Å²) < 4.78 is 48.8. The van der Waals surface area contributed by atoms with Crippen molar-refractivity contribution in [2.24, 2.45) is 5.73 Å². The number of sulfonamides is 1. The number of amides is 1. The molecule has 0 aliphatic heterocycles. The van der Waals surface area contributed by atoms with Gasteiger partial charge in [-0.05, 0) is 36.4 Å². The molecule has 14 heteroatoms. The van der Waals surface area contributed by atoms with Gasteiger partial charge in [0.2, 0.25) is 10.0 Å². The van der Waals surface area contributed by atoms with Gasteiger partial charge < -0.3 is 10.5 Å². The van der Waals surface area contributed by atoms with E-state index in [9.17, 15) is 17.6 Å². The molecule has 0 atom stereocenters. The van der Waals surface area contributed by atoms with Gasteiger partial charge in [0.25, 0.3) is 5.91 Å². The number of benzene rings is 2. The first-order valence-corrected chi connectivity index (χ1v) is 12.6. The van der Waals surface area contributed by atoms with Gasteiger partial charge >= 0.3 is 0 Å². The first-order valence-electron chi connectivity index (χ1n) is 11.1. The summed E-state index contributed by atoms with van der Waals surface area (Å²) in [6.07, 6.45) is 1.21. The van der Waals surface area contributed by atoms with Crippen LogP contribution in [0.5, 0.6) is 5.75 Å². The van der Waals surface area contributed by atoms with E-state index in [0.717, 1.165) is 0 Å². The van der Waals surface area contributed by atoms with Gasteiger partial charge in [-0.25, -0.2) is 23.0 Å². The largest absolute Gasteiger partial charge is 0.496 e. The van der Waals surface area contributed by atoms with Crippen molar-refractivity contribution >= 4 is 39.4 Å². The Bertz CT molecular complexity index is 1390.